The lowest BCUT2D eigenvalue weighted by Gasteiger charge is -2.03. The van der Waals surface area contributed by atoms with E-state index in [1.54, 1.807) is 0 Å². The maximum Gasteiger partial charge on any atom is 0.0720 e. The van der Waals surface area contributed by atoms with Crippen molar-refractivity contribution in [1.82, 2.24) is 0 Å². The molecule has 1 atom stereocenters. The Morgan fingerprint density at radius 1 is 1.00 bits per heavy atom. The monoisotopic (exact) mass is 198 g/mol. The first kappa shape index (κ1) is 13.7. The van der Waals surface area contributed by atoms with Crippen LogP contribution < -0.4 is 0 Å². The average Bonchev–Trinajstić information content (AvgIpc) is 2.20. The Morgan fingerprint density at radius 2 is 1.71 bits per heavy atom. The summed E-state index contributed by atoms with van der Waals surface area (Å²) in [5.74, 6) is 0. The van der Waals surface area contributed by atoms with Gasteiger partial charge in [-0.2, -0.15) is 0 Å². The lowest BCUT2D eigenvalue weighted by molar-refractivity contribution is 0.209. The summed E-state index contributed by atoms with van der Waals surface area (Å²) in [6.07, 6.45) is 13.5. The van der Waals surface area contributed by atoms with E-state index in [4.69, 9.17) is 0 Å². The van der Waals surface area contributed by atoms with Gasteiger partial charge in [-0.15, -0.1) is 0 Å². The van der Waals surface area contributed by atoms with E-state index in [0.29, 0.717) is 0 Å². The topological polar surface area (TPSA) is 20.2 Å². The van der Waals surface area contributed by atoms with E-state index >= 15 is 0 Å². The molecule has 0 heterocycles. The number of hydrogen-bond donors (Lipinski definition) is 1. The van der Waals surface area contributed by atoms with Crippen molar-refractivity contribution in [3.8, 4) is 0 Å². The van der Waals surface area contributed by atoms with Crippen molar-refractivity contribution in [1.29, 1.82) is 0 Å². The van der Waals surface area contributed by atoms with Crippen molar-refractivity contribution in [3.05, 3.63) is 12.2 Å². The molecular weight excluding hydrogens is 172 g/mol. The summed E-state index contributed by atoms with van der Waals surface area (Å²) in [5.41, 5.74) is 0. The first-order valence-corrected chi connectivity index (χ1v) is 6.16. The second-order valence-electron chi connectivity index (χ2n) is 3.99. The van der Waals surface area contributed by atoms with Gasteiger partial charge >= 0.3 is 0 Å². The maximum atomic E-state index is 9.50. The maximum absolute atomic E-state index is 9.50. The summed E-state index contributed by atoms with van der Waals surface area (Å²) >= 11 is 0. The predicted octanol–water partition coefficient (Wildman–Crippen LogP) is 4.06. The molecule has 0 aromatic rings. The van der Waals surface area contributed by atoms with Crippen molar-refractivity contribution in [2.45, 2.75) is 71.3 Å². The number of aliphatic hydroxyl groups is 1. The molecule has 0 aliphatic carbocycles. The summed E-state index contributed by atoms with van der Waals surface area (Å²) in [6.45, 7) is 4.38. The van der Waals surface area contributed by atoms with E-state index < -0.39 is 0 Å². The fourth-order valence-corrected chi connectivity index (χ4v) is 1.45. The zero-order chi connectivity index (χ0) is 10.6. The second-order valence-corrected chi connectivity index (χ2v) is 3.99. The van der Waals surface area contributed by atoms with Crippen molar-refractivity contribution in [2.24, 2.45) is 0 Å². The van der Waals surface area contributed by atoms with Gasteiger partial charge in [-0.3, -0.25) is 0 Å². The Labute approximate surface area is 89.2 Å². The quantitative estimate of drug-likeness (QED) is 0.437. The van der Waals surface area contributed by atoms with Crippen LogP contribution >= 0.6 is 0 Å². The molecule has 0 saturated carbocycles. The third-order valence-electron chi connectivity index (χ3n) is 2.44. The molecule has 84 valence electrons. The largest absolute Gasteiger partial charge is 0.389 e. The van der Waals surface area contributed by atoms with Crippen molar-refractivity contribution >= 4 is 0 Å². The van der Waals surface area contributed by atoms with Crippen LogP contribution in [0.4, 0.5) is 0 Å². The van der Waals surface area contributed by atoms with Crippen molar-refractivity contribution in [3.63, 3.8) is 0 Å². The van der Waals surface area contributed by atoms with Crippen LogP contribution in [0.2, 0.25) is 0 Å². The standard InChI is InChI=1S/C13H26O/c1-3-5-7-8-9-10-12-13(14)11-6-4-2/h10,12-14H,3-9,11H2,1-2H3/b12-10+. The molecule has 1 heteroatoms. The minimum absolute atomic E-state index is 0.207. The molecule has 1 nitrogen and oxygen atoms in total. The third-order valence-corrected chi connectivity index (χ3v) is 2.44. The first-order valence-electron chi connectivity index (χ1n) is 6.16. The number of hydrogen-bond acceptors (Lipinski definition) is 1. The van der Waals surface area contributed by atoms with Crippen molar-refractivity contribution < 1.29 is 5.11 Å². The highest BCUT2D eigenvalue weighted by Gasteiger charge is 1.96. The van der Waals surface area contributed by atoms with Gasteiger partial charge in [0.1, 0.15) is 0 Å². The summed E-state index contributed by atoms with van der Waals surface area (Å²) in [5, 5.41) is 9.50. The van der Waals surface area contributed by atoms with E-state index in [-0.39, 0.29) is 6.10 Å². The Kier molecular flexibility index (Phi) is 10.5. The van der Waals surface area contributed by atoms with Gasteiger partial charge in [-0.25, -0.2) is 0 Å². The Bertz CT molecular complexity index is 129. The van der Waals surface area contributed by atoms with E-state index in [2.05, 4.69) is 19.9 Å². The molecular formula is C13H26O. The SMILES string of the molecule is CCCCCC/C=C/C(O)CCCC. The highest BCUT2D eigenvalue weighted by molar-refractivity contribution is 4.88. The van der Waals surface area contributed by atoms with Gasteiger partial charge in [0, 0.05) is 0 Å². The molecule has 0 radical (unpaired) electrons. The highest BCUT2D eigenvalue weighted by atomic mass is 16.3. The van der Waals surface area contributed by atoms with E-state index in [1.807, 2.05) is 6.08 Å². The molecule has 0 aliphatic heterocycles. The molecule has 0 aromatic heterocycles. The molecule has 1 N–H and O–H groups in total. The van der Waals surface area contributed by atoms with Gasteiger partial charge < -0.3 is 5.11 Å². The molecule has 0 saturated heterocycles. The number of aliphatic hydroxyl groups excluding tert-OH is 1. The molecule has 0 aliphatic rings. The Balaban J connectivity index is 3.23. The van der Waals surface area contributed by atoms with Crippen LogP contribution in [0.1, 0.15) is 65.2 Å². The van der Waals surface area contributed by atoms with Gasteiger partial charge in [-0.05, 0) is 19.3 Å². The third kappa shape index (κ3) is 9.79. The van der Waals surface area contributed by atoms with Gasteiger partial charge in [-0.1, -0.05) is 58.1 Å². The zero-order valence-electron chi connectivity index (χ0n) is 9.84. The number of rotatable bonds is 9. The van der Waals surface area contributed by atoms with E-state index in [0.717, 1.165) is 19.3 Å². The predicted molar refractivity (Wildman–Crippen MR) is 63.4 cm³/mol. The van der Waals surface area contributed by atoms with Gasteiger partial charge in [0.05, 0.1) is 6.10 Å². The summed E-state index contributed by atoms with van der Waals surface area (Å²) in [4.78, 5) is 0. The zero-order valence-corrected chi connectivity index (χ0v) is 9.84. The minimum atomic E-state index is -0.207. The van der Waals surface area contributed by atoms with E-state index in [9.17, 15) is 5.11 Å². The van der Waals surface area contributed by atoms with Crippen LogP contribution in [0.3, 0.4) is 0 Å². The summed E-state index contributed by atoms with van der Waals surface area (Å²) in [6, 6.07) is 0. The lowest BCUT2D eigenvalue weighted by atomic mass is 10.1. The first-order chi connectivity index (χ1) is 6.81. The molecule has 0 spiro atoms. The van der Waals surface area contributed by atoms with Crippen LogP contribution in [0.15, 0.2) is 12.2 Å². The number of unbranched alkanes of at least 4 members (excludes halogenated alkanes) is 5. The van der Waals surface area contributed by atoms with Crippen LogP contribution in [0, 0.1) is 0 Å². The molecule has 0 rings (SSSR count). The number of allylic oxidation sites excluding steroid dienone is 1. The highest BCUT2D eigenvalue weighted by Crippen LogP contribution is 2.05. The molecule has 14 heavy (non-hydrogen) atoms. The fourth-order valence-electron chi connectivity index (χ4n) is 1.45. The normalized spacial score (nSPS) is 13.6. The smallest absolute Gasteiger partial charge is 0.0720 e. The van der Waals surface area contributed by atoms with Crippen molar-refractivity contribution in [2.75, 3.05) is 0 Å². The summed E-state index contributed by atoms with van der Waals surface area (Å²) < 4.78 is 0. The van der Waals surface area contributed by atoms with Crippen LogP contribution in [-0.4, -0.2) is 11.2 Å². The van der Waals surface area contributed by atoms with Crippen LogP contribution in [0.5, 0.6) is 0 Å². The molecule has 0 bridgehead atoms. The Hall–Kier alpha value is -0.300. The Morgan fingerprint density at radius 3 is 2.36 bits per heavy atom. The van der Waals surface area contributed by atoms with E-state index in [1.165, 1.54) is 32.1 Å². The average molecular weight is 198 g/mol. The van der Waals surface area contributed by atoms with Gasteiger partial charge in [0.15, 0.2) is 0 Å². The van der Waals surface area contributed by atoms with Crippen LogP contribution in [-0.2, 0) is 0 Å². The lowest BCUT2D eigenvalue weighted by Crippen LogP contribution is -2.00. The summed E-state index contributed by atoms with van der Waals surface area (Å²) in [7, 11) is 0. The van der Waals surface area contributed by atoms with Gasteiger partial charge in [0.25, 0.3) is 0 Å². The van der Waals surface area contributed by atoms with Gasteiger partial charge in [0.2, 0.25) is 0 Å². The molecule has 0 aromatic carbocycles. The molecule has 1 unspecified atom stereocenters. The second kappa shape index (κ2) is 10.8. The molecule has 0 fully saturated rings. The van der Waals surface area contributed by atoms with Crippen LogP contribution in [0.25, 0.3) is 0 Å². The molecule has 0 amide bonds. The fraction of sp³-hybridized carbons (Fsp3) is 0.846. The minimum Gasteiger partial charge on any atom is -0.389 e.